The molecule has 0 saturated heterocycles. The number of fused-ring (bicyclic) bond motifs is 1. The first-order valence-electron chi connectivity index (χ1n) is 8.98. The number of hydrogen-bond acceptors (Lipinski definition) is 3. The maximum absolute atomic E-state index is 2.45. The molecule has 0 nitrogen and oxygen atoms in total. The van der Waals surface area contributed by atoms with E-state index in [0.29, 0.717) is 23.7 Å². The van der Waals surface area contributed by atoms with Gasteiger partial charge in [-0.1, -0.05) is 41.5 Å². The highest BCUT2D eigenvalue weighted by atomic mass is 32.1. The molecule has 0 aliphatic rings. The average molecular weight is 377 g/mol. The van der Waals surface area contributed by atoms with E-state index in [1.54, 1.807) is 9.75 Å². The minimum atomic E-state index is 0.636. The Morgan fingerprint density at radius 3 is 1.71 bits per heavy atom. The van der Waals surface area contributed by atoms with E-state index in [4.69, 9.17) is 0 Å². The second-order valence-corrected chi connectivity index (χ2v) is 11.0. The minimum absolute atomic E-state index is 0.636. The van der Waals surface area contributed by atoms with Gasteiger partial charge < -0.3 is 0 Å². The maximum Gasteiger partial charge on any atom is 0.0456 e. The van der Waals surface area contributed by atoms with Crippen molar-refractivity contribution in [2.75, 3.05) is 0 Å². The van der Waals surface area contributed by atoms with E-state index in [-0.39, 0.29) is 0 Å². The Hall–Kier alpha value is -0.640. The van der Waals surface area contributed by atoms with Crippen molar-refractivity contribution in [1.82, 2.24) is 0 Å². The minimum Gasteiger partial charge on any atom is -0.145 e. The summed E-state index contributed by atoms with van der Waals surface area (Å²) < 4.78 is 2.97. The lowest BCUT2D eigenvalue weighted by Gasteiger charge is -2.15. The van der Waals surface area contributed by atoms with E-state index < -0.39 is 0 Å². The summed E-state index contributed by atoms with van der Waals surface area (Å²) in [5.41, 5.74) is 0. The molecule has 24 heavy (non-hydrogen) atoms. The van der Waals surface area contributed by atoms with Gasteiger partial charge in [0.1, 0.15) is 0 Å². The Morgan fingerprint density at radius 1 is 0.625 bits per heavy atom. The molecule has 2 unspecified atom stereocenters. The van der Waals surface area contributed by atoms with Crippen LogP contribution in [0.25, 0.3) is 9.40 Å². The molecule has 0 aliphatic heterocycles. The van der Waals surface area contributed by atoms with Crippen molar-refractivity contribution in [3.05, 3.63) is 43.8 Å². The predicted molar refractivity (Wildman–Crippen MR) is 114 cm³/mol. The van der Waals surface area contributed by atoms with Gasteiger partial charge in [-0.3, -0.25) is 0 Å². The highest BCUT2D eigenvalue weighted by Crippen LogP contribution is 2.41. The van der Waals surface area contributed by atoms with Gasteiger partial charge in [0.2, 0.25) is 0 Å². The molecule has 0 fully saturated rings. The van der Waals surface area contributed by atoms with Crippen LogP contribution in [0.1, 0.15) is 91.1 Å². The van der Waals surface area contributed by atoms with Crippen molar-refractivity contribution in [2.45, 2.75) is 71.6 Å². The Bertz CT molecular complexity index is 769. The molecule has 0 radical (unpaired) electrons. The van der Waals surface area contributed by atoms with Gasteiger partial charge in [-0.15, -0.1) is 34.0 Å². The van der Waals surface area contributed by atoms with Gasteiger partial charge in [0.15, 0.2) is 0 Å². The van der Waals surface area contributed by atoms with Crippen LogP contribution >= 0.6 is 34.0 Å². The fourth-order valence-corrected chi connectivity index (χ4v) is 6.67. The predicted octanol–water partition coefficient (Wildman–Crippen LogP) is 8.57. The first-order valence-corrected chi connectivity index (χ1v) is 11.4. The topological polar surface area (TPSA) is 0 Å². The zero-order valence-corrected chi connectivity index (χ0v) is 18.0. The summed E-state index contributed by atoms with van der Waals surface area (Å²) in [6.45, 7) is 13.9. The lowest BCUT2D eigenvalue weighted by molar-refractivity contribution is 0.607. The first-order chi connectivity index (χ1) is 11.3. The smallest absolute Gasteiger partial charge is 0.0456 e. The molecule has 3 aromatic rings. The van der Waals surface area contributed by atoms with E-state index >= 15 is 0 Å². The summed E-state index contributed by atoms with van der Waals surface area (Å²) in [7, 11) is 0. The molecule has 0 bridgehead atoms. The molecule has 0 N–H and O–H groups in total. The van der Waals surface area contributed by atoms with E-state index in [2.05, 4.69) is 65.8 Å². The molecule has 3 heteroatoms. The van der Waals surface area contributed by atoms with E-state index in [9.17, 15) is 0 Å². The van der Waals surface area contributed by atoms with Crippen molar-refractivity contribution in [3.8, 4) is 0 Å². The Kier molecular flexibility index (Phi) is 5.53. The summed E-state index contributed by atoms with van der Waals surface area (Å²) in [5.74, 6) is 2.57. The molecule has 0 amide bonds. The molecule has 130 valence electrons. The fourth-order valence-electron chi connectivity index (χ4n) is 3.11. The van der Waals surface area contributed by atoms with Crippen molar-refractivity contribution in [3.63, 3.8) is 0 Å². The van der Waals surface area contributed by atoms with Gasteiger partial charge in [-0.2, -0.15) is 0 Å². The van der Waals surface area contributed by atoms with Crippen LogP contribution in [0.5, 0.6) is 0 Å². The number of hydrogen-bond donors (Lipinski definition) is 0. The van der Waals surface area contributed by atoms with Crippen LogP contribution in [0.2, 0.25) is 0 Å². The second kappa shape index (κ2) is 7.31. The van der Waals surface area contributed by atoms with Crippen LogP contribution in [0.3, 0.4) is 0 Å². The Morgan fingerprint density at radius 2 is 1.12 bits per heavy atom. The van der Waals surface area contributed by atoms with Crippen LogP contribution in [0.15, 0.2) is 24.3 Å². The molecular weight excluding hydrogens is 348 g/mol. The van der Waals surface area contributed by atoms with E-state index in [1.165, 1.54) is 25.6 Å². The highest BCUT2D eigenvalue weighted by Gasteiger charge is 2.18. The molecule has 0 saturated carbocycles. The van der Waals surface area contributed by atoms with Gasteiger partial charge >= 0.3 is 0 Å². The van der Waals surface area contributed by atoms with E-state index in [0.717, 1.165) is 0 Å². The van der Waals surface area contributed by atoms with Gasteiger partial charge in [0, 0.05) is 28.9 Å². The lowest BCUT2D eigenvalue weighted by atomic mass is 9.95. The standard InChI is InChI=1S/C21H28S3/c1-12(2)16-7-8-17(22-16)14(5)9-15(6)19-11-21-20(24-19)10-18(23-21)13(3)4/h7-8,10-15H,9H2,1-6H3. The largest absolute Gasteiger partial charge is 0.145 e. The van der Waals surface area contributed by atoms with Crippen molar-refractivity contribution in [1.29, 1.82) is 0 Å². The van der Waals surface area contributed by atoms with Crippen LogP contribution in [0.4, 0.5) is 0 Å². The van der Waals surface area contributed by atoms with Gasteiger partial charge in [0.05, 0.1) is 0 Å². The summed E-state index contributed by atoms with van der Waals surface area (Å²) in [4.78, 5) is 6.14. The average Bonchev–Trinajstić information content (AvgIpc) is 3.20. The zero-order valence-electron chi connectivity index (χ0n) is 15.6. The van der Waals surface area contributed by atoms with Gasteiger partial charge in [-0.05, 0) is 54.4 Å². The first kappa shape index (κ1) is 18.2. The quantitative estimate of drug-likeness (QED) is 0.404. The summed E-state index contributed by atoms with van der Waals surface area (Å²) >= 11 is 5.99. The van der Waals surface area contributed by atoms with Crippen LogP contribution in [0, 0.1) is 0 Å². The summed E-state index contributed by atoms with van der Waals surface area (Å²) in [5, 5.41) is 0. The molecule has 2 atom stereocenters. The van der Waals surface area contributed by atoms with E-state index in [1.807, 2.05) is 34.0 Å². The fraction of sp³-hybridized carbons (Fsp3) is 0.524. The Labute approximate surface area is 158 Å². The molecule has 0 spiro atoms. The lowest BCUT2D eigenvalue weighted by Crippen LogP contribution is -1.97. The molecule has 3 aromatic heterocycles. The maximum atomic E-state index is 2.45. The molecule has 3 heterocycles. The van der Waals surface area contributed by atoms with Crippen LogP contribution in [-0.4, -0.2) is 0 Å². The Balaban J connectivity index is 1.71. The molecule has 0 aliphatic carbocycles. The third-order valence-corrected chi connectivity index (χ3v) is 9.15. The summed E-state index contributed by atoms with van der Waals surface area (Å²) in [6.07, 6.45) is 1.24. The van der Waals surface area contributed by atoms with Crippen LogP contribution < -0.4 is 0 Å². The third kappa shape index (κ3) is 3.79. The van der Waals surface area contributed by atoms with Gasteiger partial charge in [-0.25, -0.2) is 0 Å². The third-order valence-electron chi connectivity index (χ3n) is 4.71. The summed E-state index contributed by atoms with van der Waals surface area (Å²) in [6, 6.07) is 9.52. The number of thiophene rings is 3. The zero-order chi connectivity index (χ0) is 17.4. The monoisotopic (exact) mass is 376 g/mol. The van der Waals surface area contributed by atoms with Crippen molar-refractivity contribution >= 4 is 43.4 Å². The van der Waals surface area contributed by atoms with Crippen molar-refractivity contribution < 1.29 is 0 Å². The van der Waals surface area contributed by atoms with Gasteiger partial charge in [0.25, 0.3) is 0 Å². The number of rotatable bonds is 6. The van der Waals surface area contributed by atoms with Crippen molar-refractivity contribution in [2.24, 2.45) is 0 Å². The molecular formula is C21H28S3. The normalized spacial score (nSPS) is 14.8. The van der Waals surface area contributed by atoms with Crippen LogP contribution in [-0.2, 0) is 0 Å². The highest BCUT2D eigenvalue weighted by molar-refractivity contribution is 7.27. The SMILES string of the molecule is CC(C)c1ccc(C(C)CC(C)c2cc3sc(C(C)C)cc3s2)s1. The molecule has 3 rings (SSSR count). The second-order valence-electron chi connectivity index (χ2n) is 7.61. The molecule has 0 aromatic carbocycles.